The van der Waals surface area contributed by atoms with Gasteiger partial charge in [-0.3, -0.25) is 4.79 Å². The first-order valence-electron chi connectivity index (χ1n) is 5.08. The summed E-state index contributed by atoms with van der Waals surface area (Å²) in [4.78, 5) is 11.6. The summed E-state index contributed by atoms with van der Waals surface area (Å²) in [6, 6.07) is 13.8. The first-order valence-corrected chi connectivity index (χ1v) is 5.08. The van der Waals surface area contributed by atoms with Crippen LogP contribution in [0, 0.1) is 0 Å². The summed E-state index contributed by atoms with van der Waals surface area (Å²) in [6.07, 6.45) is 0. The maximum Gasteiger partial charge on any atom is 0.251 e. The SMILES string of the molecule is CCNC(=O)c1ccc2ccccc2c1. The van der Waals surface area contributed by atoms with E-state index in [0.29, 0.717) is 6.54 Å². The second kappa shape index (κ2) is 4.13. The normalized spacial score (nSPS) is 10.2. The van der Waals surface area contributed by atoms with Crippen LogP contribution in [0.25, 0.3) is 10.8 Å². The van der Waals surface area contributed by atoms with Crippen molar-refractivity contribution in [3.63, 3.8) is 0 Å². The van der Waals surface area contributed by atoms with Gasteiger partial charge in [-0.05, 0) is 29.8 Å². The molecule has 0 bridgehead atoms. The van der Waals surface area contributed by atoms with E-state index in [1.54, 1.807) is 0 Å². The van der Waals surface area contributed by atoms with Crippen LogP contribution < -0.4 is 5.32 Å². The number of carbonyl (C=O) groups is 1. The van der Waals surface area contributed by atoms with Crippen LogP contribution in [-0.4, -0.2) is 12.5 Å². The van der Waals surface area contributed by atoms with E-state index in [9.17, 15) is 4.79 Å². The highest BCUT2D eigenvalue weighted by Crippen LogP contribution is 2.15. The van der Waals surface area contributed by atoms with Gasteiger partial charge in [0, 0.05) is 12.1 Å². The molecule has 0 aliphatic carbocycles. The smallest absolute Gasteiger partial charge is 0.251 e. The molecule has 2 heteroatoms. The van der Waals surface area contributed by atoms with Crippen LogP contribution in [0.3, 0.4) is 0 Å². The number of nitrogens with one attached hydrogen (secondary N) is 1. The number of benzene rings is 2. The Balaban J connectivity index is 2.42. The third-order valence-electron chi connectivity index (χ3n) is 2.35. The van der Waals surface area contributed by atoms with Gasteiger partial charge < -0.3 is 5.32 Å². The summed E-state index contributed by atoms with van der Waals surface area (Å²) < 4.78 is 0. The van der Waals surface area contributed by atoms with Gasteiger partial charge in [-0.2, -0.15) is 0 Å². The highest BCUT2D eigenvalue weighted by molar-refractivity contribution is 5.98. The van der Waals surface area contributed by atoms with Gasteiger partial charge in [-0.1, -0.05) is 30.3 Å². The maximum atomic E-state index is 11.6. The number of rotatable bonds is 2. The molecule has 0 heterocycles. The molecule has 2 rings (SSSR count). The monoisotopic (exact) mass is 199 g/mol. The predicted octanol–water partition coefficient (Wildman–Crippen LogP) is 2.59. The summed E-state index contributed by atoms with van der Waals surface area (Å²) in [5.41, 5.74) is 0.718. The molecule has 0 atom stereocenters. The summed E-state index contributed by atoms with van der Waals surface area (Å²) >= 11 is 0. The summed E-state index contributed by atoms with van der Waals surface area (Å²) in [5, 5.41) is 5.04. The lowest BCUT2D eigenvalue weighted by Gasteiger charge is -2.03. The standard InChI is InChI=1S/C13H13NO/c1-2-14-13(15)12-8-7-10-5-3-4-6-11(10)9-12/h3-9H,2H2,1H3,(H,14,15). The van der Waals surface area contributed by atoms with Crippen LogP contribution in [-0.2, 0) is 0 Å². The lowest BCUT2D eigenvalue weighted by molar-refractivity contribution is 0.0956. The fourth-order valence-electron chi connectivity index (χ4n) is 1.59. The predicted molar refractivity (Wildman–Crippen MR) is 62.0 cm³/mol. The first kappa shape index (κ1) is 9.71. The molecule has 2 aromatic rings. The van der Waals surface area contributed by atoms with E-state index in [0.717, 1.165) is 16.3 Å². The van der Waals surface area contributed by atoms with Crippen LogP contribution in [0.4, 0.5) is 0 Å². The molecule has 0 saturated carbocycles. The molecule has 0 unspecified atom stereocenters. The quantitative estimate of drug-likeness (QED) is 0.791. The molecule has 1 amide bonds. The first-order chi connectivity index (χ1) is 7.31. The van der Waals surface area contributed by atoms with Gasteiger partial charge in [-0.15, -0.1) is 0 Å². The molecule has 76 valence electrons. The maximum absolute atomic E-state index is 11.6. The van der Waals surface area contributed by atoms with E-state index >= 15 is 0 Å². The average Bonchev–Trinajstić information content (AvgIpc) is 2.29. The molecule has 2 nitrogen and oxygen atoms in total. The molecular formula is C13H13NO. The Morgan fingerprint density at radius 1 is 1.13 bits per heavy atom. The molecule has 0 radical (unpaired) electrons. The Labute approximate surface area is 88.9 Å². The highest BCUT2D eigenvalue weighted by atomic mass is 16.1. The molecule has 0 aliphatic heterocycles. The van der Waals surface area contributed by atoms with Crippen LogP contribution >= 0.6 is 0 Å². The van der Waals surface area contributed by atoms with Crippen molar-refractivity contribution in [2.45, 2.75) is 6.92 Å². The van der Waals surface area contributed by atoms with E-state index in [-0.39, 0.29) is 5.91 Å². The zero-order valence-electron chi connectivity index (χ0n) is 8.66. The van der Waals surface area contributed by atoms with Gasteiger partial charge in [-0.25, -0.2) is 0 Å². The lowest BCUT2D eigenvalue weighted by atomic mass is 10.1. The second-order valence-corrected chi connectivity index (χ2v) is 3.42. The number of fused-ring (bicyclic) bond motifs is 1. The molecule has 0 saturated heterocycles. The third kappa shape index (κ3) is 1.99. The minimum Gasteiger partial charge on any atom is -0.352 e. The van der Waals surface area contributed by atoms with Gasteiger partial charge in [0.25, 0.3) is 5.91 Å². The number of carbonyl (C=O) groups excluding carboxylic acids is 1. The van der Waals surface area contributed by atoms with Crippen molar-refractivity contribution < 1.29 is 4.79 Å². The van der Waals surface area contributed by atoms with Crippen LogP contribution in [0.1, 0.15) is 17.3 Å². The Morgan fingerprint density at radius 3 is 2.60 bits per heavy atom. The fourth-order valence-corrected chi connectivity index (χ4v) is 1.59. The molecule has 15 heavy (non-hydrogen) atoms. The van der Waals surface area contributed by atoms with Crippen molar-refractivity contribution >= 4 is 16.7 Å². The molecule has 2 aromatic carbocycles. The summed E-state index contributed by atoms with van der Waals surface area (Å²) in [7, 11) is 0. The molecule has 0 aliphatic rings. The van der Waals surface area contributed by atoms with Gasteiger partial charge in [0.2, 0.25) is 0 Å². The van der Waals surface area contributed by atoms with Crippen LogP contribution in [0.2, 0.25) is 0 Å². The van der Waals surface area contributed by atoms with E-state index in [4.69, 9.17) is 0 Å². The van der Waals surface area contributed by atoms with Crippen molar-refractivity contribution in [3.05, 3.63) is 48.0 Å². The minimum atomic E-state index is -0.0109. The number of amides is 1. The third-order valence-corrected chi connectivity index (χ3v) is 2.35. The van der Waals surface area contributed by atoms with Crippen molar-refractivity contribution in [1.82, 2.24) is 5.32 Å². The largest absolute Gasteiger partial charge is 0.352 e. The Bertz CT molecular complexity index is 491. The Hall–Kier alpha value is -1.83. The number of hydrogen-bond donors (Lipinski definition) is 1. The fraction of sp³-hybridized carbons (Fsp3) is 0.154. The number of hydrogen-bond acceptors (Lipinski definition) is 1. The summed E-state index contributed by atoms with van der Waals surface area (Å²) in [5.74, 6) is -0.0109. The molecular weight excluding hydrogens is 186 g/mol. The van der Waals surface area contributed by atoms with E-state index in [1.165, 1.54) is 0 Å². The average molecular weight is 199 g/mol. The van der Waals surface area contributed by atoms with Gasteiger partial charge >= 0.3 is 0 Å². The van der Waals surface area contributed by atoms with Crippen molar-refractivity contribution in [2.24, 2.45) is 0 Å². The van der Waals surface area contributed by atoms with Crippen LogP contribution in [0.15, 0.2) is 42.5 Å². The van der Waals surface area contributed by atoms with Gasteiger partial charge in [0.15, 0.2) is 0 Å². The molecule has 0 fully saturated rings. The van der Waals surface area contributed by atoms with Gasteiger partial charge in [0.05, 0.1) is 0 Å². The highest BCUT2D eigenvalue weighted by Gasteiger charge is 2.03. The van der Waals surface area contributed by atoms with Gasteiger partial charge in [0.1, 0.15) is 0 Å². The van der Waals surface area contributed by atoms with Crippen molar-refractivity contribution in [2.75, 3.05) is 6.54 Å². The van der Waals surface area contributed by atoms with E-state index < -0.39 is 0 Å². The zero-order chi connectivity index (χ0) is 10.7. The summed E-state index contributed by atoms with van der Waals surface area (Å²) in [6.45, 7) is 2.57. The zero-order valence-corrected chi connectivity index (χ0v) is 8.66. The lowest BCUT2D eigenvalue weighted by Crippen LogP contribution is -2.22. The molecule has 0 spiro atoms. The molecule has 1 N–H and O–H groups in total. The van der Waals surface area contributed by atoms with E-state index in [1.807, 2.05) is 49.4 Å². The van der Waals surface area contributed by atoms with Crippen molar-refractivity contribution in [1.29, 1.82) is 0 Å². The van der Waals surface area contributed by atoms with Crippen LogP contribution in [0.5, 0.6) is 0 Å². The molecule has 0 aromatic heterocycles. The van der Waals surface area contributed by atoms with E-state index in [2.05, 4.69) is 5.32 Å². The minimum absolute atomic E-state index is 0.0109. The Kier molecular flexibility index (Phi) is 2.68. The Morgan fingerprint density at radius 2 is 1.87 bits per heavy atom. The second-order valence-electron chi connectivity index (χ2n) is 3.42. The van der Waals surface area contributed by atoms with Crippen molar-refractivity contribution in [3.8, 4) is 0 Å². The topological polar surface area (TPSA) is 29.1 Å².